The molecule has 1 unspecified atom stereocenters. The molecule has 16 heavy (non-hydrogen) atoms. The summed E-state index contributed by atoms with van der Waals surface area (Å²) < 4.78 is 13.6. The molecule has 0 heterocycles. The minimum Gasteiger partial charge on any atom is -0.310 e. The van der Waals surface area contributed by atoms with E-state index >= 15 is 0 Å². The van der Waals surface area contributed by atoms with Crippen molar-refractivity contribution >= 4 is 27.7 Å². The van der Waals surface area contributed by atoms with Crippen molar-refractivity contribution in [1.82, 2.24) is 5.32 Å². The lowest BCUT2D eigenvalue weighted by molar-refractivity contribution is 0.568. The average molecular weight is 306 g/mol. The third kappa shape index (κ3) is 4.44. The van der Waals surface area contributed by atoms with Crippen LogP contribution in [0.5, 0.6) is 0 Å². The van der Waals surface area contributed by atoms with E-state index in [-0.39, 0.29) is 11.9 Å². The van der Waals surface area contributed by atoms with Crippen molar-refractivity contribution in [2.45, 2.75) is 19.4 Å². The summed E-state index contributed by atoms with van der Waals surface area (Å²) in [6, 6.07) is 5.42. The molecule has 0 amide bonds. The maximum Gasteiger partial charge on any atom is 0.137 e. The smallest absolute Gasteiger partial charge is 0.137 e. The average Bonchev–Trinajstić information content (AvgIpc) is 2.28. The van der Waals surface area contributed by atoms with E-state index in [9.17, 15) is 4.39 Å². The predicted molar refractivity (Wildman–Crippen MR) is 73.5 cm³/mol. The SMILES string of the molecule is CSCCCNC(C)c1ccc(F)c(Br)c1. The minimum atomic E-state index is -0.210. The van der Waals surface area contributed by atoms with Gasteiger partial charge in [-0.25, -0.2) is 4.39 Å². The Morgan fingerprint density at radius 3 is 2.88 bits per heavy atom. The maximum atomic E-state index is 13.0. The molecule has 1 nitrogen and oxygen atoms in total. The van der Waals surface area contributed by atoms with Gasteiger partial charge in [-0.1, -0.05) is 6.07 Å². The molecule has 0 bridgehead atoms. The van der Waals surface area contributed by atoms with Gasteiger partial charge in [-0.2, -0.15) is 11.8 Å². The van der Waals surface area contributed by atoms with Crippen molar-refractivity contribution in [3.63, 3.8) is 0 Å². The van der Waals surface area contributed by atoms with E-state index in [1.54, 1.807) is 0 Å². The van der Waals surface area contributed by atoms with Crippen molar-refractivity contribution in [1.29, 1.82) is 0 Å². The van der Waals surface area contributed by atoms with Crippen LogP contribution in [0.4, 0.5) is 4.39 Å². The molecule has 4 heteroatoms. The Bertz CT molecular complexity index is 333. The van der Waals surface area contributed by atoms with E-state index in [2.05, 4.69) is 34.4 Å². The number of rotatable bonds is 6. The first kappa shape index (κ1) is 14.0. The van der Waals surface area contributed by atoms with Gasteiger partial charge < -0.3 is 5.32 Å². The Balaban J connectivity index is 2.46. The molecule has 1 rings (SSSR count). The summed E-state index contributed by atoms with van der Waals surface area (Å²) in [6.45, 7) is 3.09. The van der Waals surface area contributed by atoms with Gasteiger partial charge in [0.1, 0.15) is 5.82 Å². The van der Waals surface area contributed by atoms with E-state index in [0.29, 0.717) is 4.47 Å². The fourth-order valence-corrected chi connectivity index (χ4v) is 2.26. The third-order valence-electron chi connectivity index (χ3n) is 2.42. The molecule has 1 N–H and O–H groups in total. The molecule has 1 aromatic carbocycles. The van der Waals surface area contributed by atoms with Crippen molar-refractivity contribution in [2.24, 2.45) is 0 Å². The highest BCUT2D eigenvalue weighted by molar-refractivity contribution is 9.10. The van der Waals surface area contributed by atoms with Gasteiger partial charge in [0.05, 0.1) is 4.47 Å². The summed E-state index contributed by atoms with van der Waals surface area (Å²) in [4.78, 5) is 0. The zero-order valence-electron chi connectivity index (χ0n) is 9.59. The van der Waals surface area contributed by atoms with E-state index in [1.807, 2.05) is 23.9 Å². The Kier molecular flexibility index (Phi) is 6.39. The molecule has 1 aromatic rings. The standard InChI is InChI=1S/C12H17BrFNS/c1-9(15-6-3-7-16-2)10-4-5-12(14)11(13)8-10/h4-5,8-9,15H,3,6-7H2,1-2H3. The van der Waals surface area contributed by atoms with Crippen LogP contribution in [0, 0.1) is 5.82 Å². The molecule has 0 saturated heterocycles. The summed E-state index contributed by atoms with van der Waals surface area (Å²) in [5.74, 6) is 0.964. The number of hydrogen-bond acceptors (Lipinski definition) is 2. The van der Waals surface area contributed by atoms with Gasteiger partial charge in [0.15, 0.2) is 0 Å². The lowest BCUT2D eigenvalue weighted by Crippen LogP contribution is -2.20. The number of nitrogens with one attached hydrogen (secondary N) is 1. The van der Waals surface area contributed by atoms with Crippen LogP contribution in [0.1, 0.15) is 24.9 Å². The molecule has 0 fully saturated rings. The quantitative estimate of drug-likeness (QED) is 0.798. The third-order valence-corrected chi connectivity index (χ3v) is 3.72. The molecular weight excluding hydrogens is 289 g/mol. The fraction of sp³-hybridized carbons (Fsp3) is 0.500. The predicted octanol–water partition coefficient (Wildman–Crippen LogP) is 3.99. The highest BCUT2D eigenvalue weighted by atomic mass is 79.9. The normalized spacial score (nSPS) is 12.8. The zero-order valence-corrected chi connectivity index (χ0v) is 12.0. The van der Waals surface area contributed by atoms with Crippen molar-refractivity contribution in [2.75, 3.05) is 18.6 Å². The molecule has 0 saturated carbocycles. The van der Waals surface area contributed by atoms with Crippen molar-refractivity contribution in [3.8, 4) is 0 Å². The summed E-state index contributed by atoms with van der Waals surface area (Å²) >= 11 is 5.06. The lowest BCUT2D eigenvalue weighted by atomic mass is 10.1. The van der Waals surface area contributed by atoms with E-state index in [1.165, 1.54) is 11.8 Å². The lowest BCUT2D eigenvalue weighted by Gasteiger charge is -2.14. The first-order chi connectivity index (χ1) is 7.65. The molecule has 0 radical (unpaired) electrons. The largest absolute Gasteiger partial charge is 0.310 e. The zero-order chi connectivity index (χ0) is 12.0. The van der Waals surface area contributed by atoms with Crippen LogP contribution in [0.15, 0.2) is 22.7 Å². The Morgan fingerprint density at radius 2 is 2.25 bits per heavy atom. The molecule has 0 spiro atoms. The Morgan fingerprint density at radius 1 is 1.50 bits per heavy atom. The van der Waals surface area contributed by atoms with Crippen LogP contribution < -0.4 is 5.32 Å². The van der Waals surface area contributed by atoms with Crippen LogP contribution in [-0.4, -0.2) is 18.6 Å². The van der Waals surface area contributed by atoms with Crippen LogP contribution in [0.2, 0.25) is 0 Å². The first-order valence-electron chi connectivity index (χ1n) is 5.32. The van der Waals surface area contributed by atoms with Crippen molar-refractivity contribution in [3.05, 3.63) is 34.1 Å². The van der Waals surface area contributed by atoms with Crippen LogP contribution in [0.3, 0.4) is 0 Å². The summed E-state index contributed by atoms with van der Waals surface area (Å²) in [6.07, 6.45) is 3.27. The van der Waals surface area contributed by atoms with Gasteiger partial charge >= 0.3 is 0 Å². The van der Waals surface area contributed by atoms with Gasteiger partial charge in [-0.05, 0) is 65.5 Å². The van der Waals surface area contributed by atoms with Gasteiger partial charge in [0.25, 0.3) is 0 Å². The van der Waals surface area contributed by atoms with Crippen LogP contribution in [0.25, 0.3) is 0 Å². The number of halogens is 2. The van der Waals surface area contributed by atoms with Crippen LogP contribution >= 0.6 is 27.7 Å². The molecule has 0 aliphatic carbocycles. The first-order valence-corrected chi connectivity index (χ1v) is 7.51. The Hall–Kier alpha value is -0.0600. The number of benzene rings is 1. The second-order valence-electron chi connectivity index (χ2n) is 3.70. The molecule has 0 aromatic heterocycles. The van der Waals surface area contributed by atoms with Gasteiger partial charge in [0, 0.05) is 6.04 Å². The topological polar surface area (TPSA) is 12.0 Å². The number of thioether (sulfide) groups is 1. The minimum absolute atomic E-state index is 0.210. The second-order valence-corrected chi connectivity index (χ2v) is 5.54. The second kappa shape index (κ2) is 7.30. The van der Waals surface area contributed by atoms with Gasteiger partial charge in [0.2, 0.25) is 0 Å². The fourth-order valence-electron chi connectivity index (χ4n) is 1.43. The van der Waals surface area contributed by atoms with Crippen molar-refractivity contribution < 1.29 is 4.39 Å². The monoisotopic (exact) mass is 305 g/mol. The van der Waals surface area contributed by atoms with E-state index < -0.39 is 0 Å². The summed E-state index contributed by atoms with van der Waals surface area (Å²) in [5.41, 5.74) is 1.11. The molecular formula is C12H17BrFNS. The molecule has 90 valence electrons. The van der Waals surface area contributed by atoms with Crippen LogP contribution in [-0.2, 0) is 0 Å². The highest BCUT2D eigenvalue weighted by Gasteiger charge is 2.06. The molecule has 0 aliphatic heterocycles. The van der Waals surface area contributed by atoms with E-state index in [0.717, 1.165) is 18.5 Å². The molecule has 0 aliphatic rings. The van der Waals surface area contributed by atoms with Gasteiger partial charge in [-0.15, -0.1) is 0 Å². The maximum absolute atomic E-state index is 13.0. The van der Waals surface area contributed by atoms with E-state index in [4.69, 9.17) is 0 Å². The summed E-state index contributed by atoms with van der Waals surface area (Å²) in [5, 5.41) is 3.42. The molecule has 1 atom stereocenters. The number of hydrogen-bond donors (Lipinski definition) is 1. The highest BCUT2D eigenvalue weighted by Crippen LogP contribution is 2.21. The van der Waals surface area contributed by atoms with Gasteiger partial charge in [-0.3, -0.25) is 0 Å². The Labute approximate surface area is 109 Å². The summed E-state index contributed by atoms with van der Waals surface area (Å²) in [7, 11) is 0.